The molecule has 1 atom stereocenters. The van der Waals surface area contributed by atoms with E-state index in [0.717, 1.165) is 11.6 Å². The summed E-state index contributed by atoms with van der Waals surface area (Å²) in [4.78, 5) is 0.429. The number of halogens is 1. The molecule has 112 valence electrons. The van der Waals surface area contributed by atoms with Gasteiger partial charge in [0.25, 0.3) is 0 Å². The quantitative estimate of drug-likeness (QED) is 0.515. The second-order valence-electron chi connectivity index (χ2n) is 6.11. The molecule has 0 radical (unpaired) electrons. The molecule has 21 heavy (non-hydrogen) atoms. The van der Waals surface area contributed by atoms with Crippen molar-refractivity contribution in [3.63, 3.8) is 0 Å². The zero-order valence-corrected chi connectivity index (χ0v) is 14.0. The van der Waals surface area contributed by atoms with Gasteiger partial charge in [0.15, 0.2) is 0 Å². The first kappa shape index (κ1) is 14.8. The third-order valence-corrected chi connectivity index (χ3v) is 5.40. The maximum absolute atomic E-state index is 4.51. The molecule has 1 unspecified atom stereocenters. The molecule has 0 bridgehead atoms. The van der Waals surface area contributed by atoms with Gasteiger partial charge in [-0.25, -0.2) is 4.68 Å². The topological polar surface area (TPSA) is 17.8 Å². The van der Waals surface area contributed by atoms with Gasteiger partial charge in [0.1, 0.15) is 0 Å². The van der Waals surface area contributed by atoms with Crippen molar-refractivity contribution >= 4 is 15.9 Å². The Kier molecular flexibility index (Phi) is 5.13. The molecule has 2 nitrogen and oxygen atoms in total. The molecule has 1 heterocycles. The van der Waals surface area contributed by atoms with E-state index in [4.69, 9.17) is 0 Å². The summed E-state index contributed by atoms with van der Waals surface area (Å²) >= 11 is 3.88. The van der Waals surface area contributed by atoms with E-state index < -0.39 is 0 Å². The highest BCUT2D eigenvalue weighted by molar-refractivity contribution is 9.09. The number of para-hydroxylation sites is 1. The summed E-state index contributed by atoms with van der Waals surface area (Å²) in [6.07, 6.45) is 13.9. The van der Waals surface area contributed by atoms with Crippen molar-refractivity contribution in [3.05, 3.63) is 48.3 Å². The van der Waals surface area contributed by atoms with Crippen LogP contribution in [-0.2, 0) is 0 Å². The van der Waals surface area contributed by atoms with Crippen molar-refractivity contribution in [2.75, 3.05) is 0 Å². The van der Waals surface area contributed by atoms with Crippen LogP contribution in [0.3, 0.4) is 0 Å². The molecule has 1 aromatic heterocycles. The van der Waals surface area contributed by atoms with Crippen LogP contribution in [0.1, 0.15) is 55.3 Å². The molecular weight excluding hydrogens is 324 g/mol. The minimum absolute atomic E-state index is 0.429. The van der Waals surface area contributed by atoms with Crippen LogP contribution in [0.5, 0.6) is 0 Å². The van der Waals surface area contributed by atoms with Crippen LogP contribution in [0, 0.1) is 5.92 Å². The van der Waals surface area contributed by atoms with Crippen molar-refractivity contribution in [2.45, 2.75) is 49.8 Å². The van der Waals surface area contributed by atoms with Crippen molar-refractivity contribution in [1.29, 1.82) is 0 Å². The van der Waals surface area contributed by atoms with Gasteiger partial charge in [-0.1, -0.05) is 72.7 Å². The van der Waals surface area contributed by atoms with Gasteiger partial charge in [-0.05, 0) is 24.5 Å². The van der Waals surface area contributed by atoms with E-state index in [-0.39, 0.29) is 0 Å². The van der Waals surface area contributed by atoms with Crippen LogP contribution >= 0.6 is 15.9 Å². The van der Waals surface area contributed by atoms with Crippen molar-refractivity contribution in [1.82, 2.24) is 9.78 Å². The second kappa shape index (κ2) is 7.26. The van der Waals surface area contributed by atoms with Gasteiger partial charge in [0.2, 0.25) is 0 Å². The fourth-order valence-corrected chi connectivity index (χ4v) is 4.01. The molecule has 0 saturated heterocycles. The molecule has 3 rings (SSSR count). The maximum Gasteiger partial charge on any atom is 0.0645 e. The first-order valence-electron chi connectivity index (χ1n) is 8.07. The van der Waals surface area contributed by atoms with E-state index in [0.29, 0.717) is 4.83 Å². The molecule has 1 aliphatic rings. The molecule has 1 saturated carbocycles. The zero-order chi connectivity index (χ0) is 14.5. The van der Waals surface area contributed by atoms with Crippen LogP contribution in [0.25, 0.3) is 5.69 Å². The summed E-state index contributed by atoms with van der Waals surface area (Å²) in [5.41, 5.74) is 2.42. The third kappa shape index (κ3) is 3.97. The van der Waals surface area contributed by atoms with Gasteiger partial charge in [0, 0.05) is 16.6 Å². The molecule has 3 heteroatoms. The summed E-state index contributed by atoms with van der Waals surface area (Å²) in [6.45, 7) is 0. The number of hydrogen-bond donors (Lipinski definition) is 0. The molecule has 1 aromatic carbocycles. The molecule has 1 fully saturated rings. The lowest BCUT2D eigenvalue weighted by molar-refractivity contribution is 0.427. The number of rotatable bonds is 4. The predicted octanol–water partition coefficient (Wildman–Crippen LogP) is 5.67. The van der Waals surface area contributed by atoms with Crippen molar-refractivity contribution < 1.29 is 0 Å². The van der Waals surface area contributed by atoms with Gasteiger partial charge < -0.3 is 0 Å². The zero-order valence-electron chi connectivity index (χ0n) is 12.4. The summed E-state index contributed by atoms with van der Waals surface area (Å²) in [5, 5.41) is 4.51. The fourth-order valence-electron chi connectivity index (χ4n) is 3.25. The monoisotopic (exact) mass is 346 g/mol. The maximum atomic E-state index is 4.51. The average molecular weight is 347 g/mol. The van der Waals surface area contributed by atoms with Gasteiger partial charge in [-0.15, -0.1) is 0 Å². The van der Waals surface area contributed by atoms with Gasteiger partial charge in [0.05, 0.1) is 11.9 Å². The number of alkyl halides is 1. The van der Waals surface area contributed by atoms with E-state index >= 15 is 0 Å². The summed E-state index contributed by atoms with van der Waals surface area (Å²) in [5.74, 6) is 0.872. The lowest BCUT2D eigenvalue weighted by Crippen LogP contribution is -2.02. The second-order valence-corrected chi connectivity index (χ2v) is 7.22. The van der Waals surface area contributed by atoms with Crippen molar-refractivity contribution in [2.24, 2.45) is 5.92 Å². The Hall–Kier alpha value is -1.09. The highest BCUT2D eigenvalue weighted by atomic mass is 79.9. The first-order chi connectivity index (χ1) is 10.3. The van der Waals surface area contributed by atoms with E-state index in [1.165, 1.54) is 50.5 Å². The highest BCUT2D eigenvalue weighted by Gasteiger charge is 2.18. The molecular formula is C18H23BrN2. The van der Waals surface area contributed by atoms with E-state index in [2.05, 4.69) is 39.4 Å². The first-order valence-corrected chi connectivity index (χ1v) is 8.98. The van der Waals surface area contributed by atoms with Gasteiger partial charge >= 0.3 is 0 Å². The standard InChI is InChI=1S/C18H23BrN2/c19-18(12-15-8-4-1-2-5-9-15)16-13-20-21(14-16)17-10-6-3-7-11-17/h3,6-7,10-11,13-15,18H,1-2,4-5,8-9,12H2. The Bertz CT molecular complexity index is 541. The summed E-state index contributed by atoms with van der Waals surface area (Å²) in [6, 6.07) is 10.3. The van der Waals surface area contributed by atoms with Gasteiger partial charge in [-0.2, -0.15) is 5.10 Å². The minimum atomic E-state index is 0.429. The highest BCUT2D eigenvalue weighted by Crippen LogP contribution is 2.35. The van der Waals surface area contributed by atoms with E-state index in [1.807, 2.05) is 29.1 Å². The van der Waals surface area contributed by atoms with Crippen LogP contribution in [0.2, 0.25) is 0 Å². The largest absolute Gasteiger partial charge is 0.241 e. The Balaban J connectivity index is 1.65. The number of nitrogens with zero attached hydrogens (tertiary/aromatic N) is 2. The molecule has 0 aliphatic heterocycles. The number of benzene rings is 1. The Morgan fingerprint density at radius 2 is 1.81 bits per heavy atom. The Morgan fingerprint density at radius 3 is 2.52 bits per heavy atom. The van der Waals surface area contributed by atoms with Crippen molar-refractivity contribution in [3.8, 4) is 5.69 Å². The molecule has 2 aromatic rings. The molecule has 0 N–H and O–H groups in total. The molecule has 0 spiro atoms. The number of aromatic nitrogens is 2. The fraction of sp³-hybridized carbons (Fsp3) is 0.500. The Labute approximate surface area is 135 Å². The number of hydrogen-bond acceptors (Lipinski definition) is 1. The summed E-state index contributed by atoms with van der Waals surface area (Å²) < 4.78 is 1.97. The lowest BCUT2D eigenvalue weighted by atomic mass is 9.93. The van der Waals surface area contributed by atoms with Crippen LogP contribution in [-0.4, -0.2) is 9.78 Å². The lowest BCUT2D eigenvalue weighted by Gasteiger charge is -2.17. The smallest absolute Gasteiger partial charge is 0.0645 e. The SMILES string of the molecule is BrC(CC1CCCCCC1)c1cnn(-c2ccccc2)c1. The van der Waals surface area contributed by atoms with Crippen LogP contribution in [0.4, 0.5) is 0 Å². The predicted molar refractivity (Wildman–Crippen MR) is 91.0 cm³/mol. The molecule has 1 aliphatic carbocycles. The minimum Gasteiger partial charge on any atom is -0.241 e. The normalized spacial score (nSPS) is 18.3. The van der Waals surface area contributed by atoms with Crippen LogP contribution in [0.15, 0.2) is 42.7 Å². The van der Waals surface area contributed by atoms with E-state index in [1.54, 1.807) is 0 Å². The average Bonchev–Trinajstić information content (AvgIpc) is 2.88. The summed E-state index contributed by atoms with van der Waals surface area (Å²) in [7, 11) is 0. The molecule has 0 amide bonds. The van der Waals surface area contributed by atoms with Crippen LogP contribution < -0.4 is 0 Å². The van der Waals surface area contributed by atoms with E-state index in [9.17, 15) is 0 Å². The third-order valence-electron chi connectivity index (χ3n) is 4.50. The Morgan fingerprint density at radius 1 is 1.10 bits per heavy atom. The van der Waals surface area contributed by atoms with Gasteiger partial charge in [-0.3, -0.25) is 0 Å².